The smallest absolute Gasteiger partial charge is 0.243 e. The van der Waals surface area contributed by atoms with Crippen LogP contribution in [-0.4, -0.2) is 34.6 Å². The molecule has 0 saturated heterocycles. The molecule has 5 heteroatoms. The number of carbonyl (C=O) groups excluding carboxylic acids is 2. The average Bonchev–Trinajstić information content (AvgIpc) is 2.88. The maximum absolute atomic E-state index is 13.7. The Morgan fingerprint density at radius 3 is 2.20 bits per heavy atom. The van der Waals surface area contributed by atoms with E-state index in [0.29, 0.717) is 25.1 Å². The molecule has 0 saturated carbocycles. The number of thioether (sulfide) groups is 1. The second kappa shape index (κ2) is 13.7. The van der Waals surface area contributed by atoms with Crippen molar-refractivity contribution in [3.05, 3.63) is 102 Å². The van der Waals surface area contributed by atoms with E-state index < -0.39 is 6.04 Å². The van der Waals surface area contributed by atoms with Crippen LogP contribution in [0, 0.1) is 6.92 Å². The molecular weight excluding hydrogens is 452 g/mol. The van der Waals surface area contributed by atoms with Gasteiger partial charge in [-0.05, 0) is 49.1 Å². The standard InChI is InChI=1S/C30H36N2O2S/c1-4-24(3)31-30(34)28(21-25-14-7-5-8-15-25)32(22-26-16-12-11-13-23(26)2)29(33)19-20-35-27-17-9-6-10-18-27/h5-18,24,28H,4,19-22H2,1-3H3,(H,31,34)/t24-,28-/m1/s1. The van der Waals surface area contributed by atoms with Gasteiger partial charge in [0.1, 0.15) is 6.04 Å². The Labute approximate surface area is 214 Å². The summed E-state index contributed by atoms with van der Waals surface area (Å²) in [6, 6.07) is 27.6. The minimum atomic E-state index is -0.583. The molecule has 0 radical (unpaired) electrons. The van der Waals surface area contributed by atoms with Crippen molar-refractivity contribution in [2.45, 2.75) is 63.6 Å². The second-order valence-electron chi connectivity index (χ2n) is 8.88. The van der Waals surface area contributed by atoms with E-state index in [-0.39, 0.29) is 17.9 Å². The molecule has 0 aromatic heterocycles. The fraction of sp³-hybridized carbons (Fsp3) is 0.333. The highest BCUT2D eigenvalue weighted by atomic mass is 32.2. The Morgan fingerprint density at radius 2 is 1.54 bits per heavy atom. The summed E-state index contributed by atoms with van der Waals surface area (Å²) in [6.07, 6.45) is 1.68. The third kappa shape index (κ3) is 8.29. The normalized spacial score (nSPS) is 12.5. The van der Waals surface area contributed by atoms with E-state index in [2.05, 4.69) is 30.4 Å². The van der Waals surface area contributed by atoms with Crippen molar-refractivity contribution in [1.82, 2.24) is 10.2 Å². The van der Waals surface area contributed by atoms with Crippen molar-refractivity contribution in [2.75, 3.05) is 5.75 Å². The number of carbonyl (C=O) groups is 2. The van der Waals surface area contributed by atoms with Gasteiger partial charge in [-0.3, -0.25) is 9.59 Å². The first-order valence-electron chi connectivity index (χ1n) is 12.3. The molecule has 4 nitrogen and oxygen atoms in total. The van der Waals surface area contributed by atoms with Crippen molar-refractivity contribution in [3.8, 4) is 0 Å². The first-order valence-corrected chi connectivity index (χ1v) is 13.3. The third-order valence-electron chi connectivity index (χ3n) is 6.20. The number of nitrogens with zero attached hydrogens (tertiary/aromatic N) is 1. The lowest BCUT2D eigenvalue weighted by Crippen LogP contribution is -2.52. The number of aryl methyl sites for hydroxylation is 1. The molecule has 184 valence electrons. The highest BCUT2D eigenvalue weighted by Gasteiger charge is 2.31. The summed E-state index contributed by atoms with van der Waals surface area (Å²) < 4.78 is 0. The molecular formula is C30H36N2O2S. The van der Waals surface area contributed by atoms with Gasteiger partial charge < -0.3 is 10.2 Å². The van der Waals surface area contributed by atoms with Crippen LogP contribution in [0.4, 0.5) is 0 Å². The predicted octanol–water partition coefficient (Wildman–Crippen LogP) is 6.03. The fourth-order valence-corrected chi connectivity index (χ4v) is 4.74. The summed E-state index contributed by atoms with van der Waals surface area (Å²) in [6.45, 7) is 6.51. The van der Waals surface area contributed by atoms with E-state index in [1.54, 1.807) is 16.7 Å². The number of amides is 2. The fourth-order valence-electron chi connectivity index (χ4n) is 3.88. The molecule has 3 aromatic carbocycles. The number of benzene rings is 3. The molecule has 3 aromatic rings. The molecule has 0 bridgehead atoms. The summed E-state index contributed by atoms with van der Waals surface area (Å²) in [4.78, 5) is 30.1. The van der Waals surface area contributed by atoms with Crippen LogP contribution in [0.5, 0.6) is 0 Å². The lowest BCUT2D eigenvalue weighted by molar-refractivity contribution is -0.141. The van der Waals surface area contributed by atoms with Crippen molar-refractivity contribution in [3.63, 3.8) is 0 Å². The molecule has 2 atom stereocenters. The summed E-state index contributed by atoms with van der Waals surface area (Å²) in [5, 5.41) is 3.13. The van der Waals surface area contributed by atoms with Crippen molar-refractivity contribution in [1.29, 1.82) is 0 Å². The van der Waals surface area contributed by atoms with Crippen LogP contribution in [-0.2, 0) is 22.6 Å². The average molecular weight is 489 g/mol. The molecule has 1 N–H and O–H groups in total. The zero-order valence-electron chi connectivity index (χ0n) is 20.9. The Balaban J connectivity index is 1.87. The third-order valence-corrected chi connectivity index (χ3v) is 7.22. The lowest BCUT2D eigenvalue weighted by Gasteiger charge is -2.32. The van der Waals surface area contributed by atoms with Crippen LogP contribution in [0.2, 0.25) is 0 Å². The van der Waals surface area contributed by atoms with Crippen molar-refractivity contribution >= 4 is 23.6 Å². The van der Waals surface area contributed by atoms with Gasteiger partial charge in [0.15, 0.2) is 0 Å². The van der Waals surface area contributed by atoms with Gasteiger partial charge in [0.2, 0.25) is 11.8 Å². The monoisotopic (exact) mass is 488 g/mol. The topological polar surface area (TPSA) is 49.4 Å². The van der Waals surface area contributed by atoms with Crippen LogP contribution in [0.1, 0.15) is 43.4 Å². The SMILES string of the molecule is CC[C@@H](C)NC(=O)[C@@H](Cc1ccccc1)N(Cc1ccccc1C)C(=O)CCSc1ccccc1. The molecule has 0 unspecified atom stereocenters. The Morgan fingerprint density at radius 1 is 0.914 bits per heavy atom. The van der Waals surface area contributed by atoms with Gasteiger partial charge in [-0.25, -0.2) is 0 Å². The summed E-state index contributed by atoms with van der Waals surface area (Å²) >= 11 is 1.67. The lowest BCUT2D eigenvalue weighted by atomic mass is 10.0. The molecule has 0 aliphatic rings. The molecule has 0 spiro atoms. The quantitative estimate of drug-likeness (QED) is 0.317. The van der Waals surface area contributed by atoms with Crippen LogP contribution in [0.15, 0.2) is 89.8 Å². The Bertz CT molecular complexity index is 1070. The van der Waals surface area contributed by atoms with Gasteiger partial charge in [-0.2, -0.15) is 0 Å². The van der Waals surface area contributed by atoms with Crippen LogP contribution in [0.25, 0.3) is 0 Å². The van der Waals surface area contributed by atoms with E-state index in [1.165, 1.54) is 0 Å². The predicted molar refractivity (Wildman–Crippen MR) is 145 cm³/mol. The first kappa shape index (κ1) is 26.6. The van der Waals surface area contributed by atoms with E-state index in [9.17, 15) is 9.59 Å². The number of nitrogens with one attached hydrogen (secondary N) is 1. The van der Waals surface area contributed by atoms with Gasteiger partial charge >= 0.3 is 0 Å². The van der Waals surface area contributed by atoms with E-state index in [1.807, 2.05) is 80.6 Å². The highest BCUT2D eigenvalue weighted by molar-refractivity contribution is 7.99. The minimum absolute atomic E-state index is 0.00285. The first-order chi connectivity index (χ1) is 17.0. The second-order valence-corrected chi connectivity index (χ2v) is 10.1. The van der Waals surface area contributed by atoms with Gasteiger partial charge in [-0.15, -0.1) is 11.8 Å². The zero-order valence-corrected chi connectivity index (χ0v) is 21.8. The highest BCUT2D eigenvalue weighted by Crippen LogP contribution is 2.21. The van der Waals surface area contributed by atoms with Crippen LogP contribution < -0.4 is 5.32 Å². The van der Waals surface area contributed by atoms with E-state index in [0.717, 1.165) is 28.0 Å². The molecule has 35 heavy (non-hydrogen) atoms. The zero-order chi connectivity index (χ0) is 25.0. The largest absolute Gasteiger partial charge is 0.352 e. The maximum atomic E-state index is 13.7. The summed E-state index contributed by atoms with van der Waals surface area (Å²) in [7, 11) is 0. The number of hydrogen-bond acceptors (Lipinski definition) is 3. The Hall–Kier alpha value is -3.05. The van der Waals surface area contributed by atoms with Gasteiger partial charge in [0, 0.05) is 36.1 Å². The minimum Gasteiger partial charge on any atom is -0.352 e. The van der Waals surface area contributed by atoms with Gasteiger partial charge in [0.25, 0.3) is 0 Å². The van der Waals surface area contributed by atoms with Gasteiger partial charge in [0.05, 0.1) is 0 Å². The van der Waals surface area contributed by atoms with Crippen molar-refractivity contribution in [2.24, 2.45) is 0 Å². The van der Waals surface area contributed by atoms with Crippen LogP contribution >= 0.6 is 11.8 Å². The van der Waals surface area contributed by atoms with E-state index in [4.69, 9.17) is 0 Å². The molecule has 0 aliphatic heterocycles. The molecule has 0 heterocycles. The molecule has 0 fully saturated rings. The van der Waals surface area contributed by atoms with Crippen molar-refractivity contribution < 1.29 is 9.59 Å². The molecule has 3 rings (SSSR count). The summed E-state index contributed by atoms with van der Waals surface area (Å²) in [5.41, 5.74) is 3.22. The van der Waals surface area contributed by atoms with Crippen LogP contribution in [0.3, 0.4) is 0 Å². The number of rotatable bonds is 12. The van der Waals surface area contributed by atoms with E-state index >= 15 is 0 Å². The molecule has 0 aliphatic carbocycles. The van der Waals surface area contributed by atoms with Gasteiger partial charge in [-0.1, -0.05) is 79.7 Å². The summed E-state index contributed by atoms with van der Waals surface area (Å²) in [5.74, 6) is 0.566. The Kier molecular flexibility index (Phi) is 10.4. The molecule has 2 amide bonds. The number of hydrogen-bond donors (Lipinski definition) is 1. The maximum Gasteiger partial charge on any atom is 0.243 e.